The van der Waals surface area contributed by atoms with E-state index in [-0.39, 0.29) is 5.91 Å². The first-order chi connectivity index (χ1) is 19.9. The van der Waals surface area contributed by atoms with Crippen LogP contribution in [-0.4, -0.2) is 56.5 Å². The maximum Gasteiger partial charge on any atom is 0.246 e. The number of nitrogens with two attached hydrogens (primary N) is 1. The molecule has 2 aromatic carbocycles. The molecule has 0 spiro atoms. The number of carbonyl (C=O) groups is 1. The molecule has 1 aliphatic heterocycles. The number of fused-ring (bicyclic) bond motifs is 1. The average molecular weight is 546 g/mol. The molecule has 0 aliphatic carbocycles. The molecule has 9 nitrogen and oxygen atoms in total. The number of piperazine rings is 1. The largest absolute Gasteiger partial charge is 0.439 e. The molecule has 2 N–H and O–H groups in total. The second-order valence-electron chi connectivity index (χ2n) is 10.1. The van der Waals surface area contributed by atoms with Gasteiger partial charge in [-0.05, 0) is 48.9 Å². The van der Waals surface area contributed by atoms with Crippen molar-refractivity contribution in [3.8, 4) is 34.0 Å². The molecule has 0 bridgehead atoms. The van der Waals surface area contributed by atoms with Gasteiger partial charge in [-0.3, -0.25) is 4.79 Å². The van der Waals surface area contributed by atoms with Crippen molar-refractivity contribution in [2.45, 2.75) is 6.92 Å². The van der Waals surface area contributed by atoms with E-state index in [4.69, 9.17) is 10.5 Å². The Kier molecular flexibility index (Phi) is 6.84. The van der Waals surface area contributed by atoms with Gasteiger partial charge >= 0.3 is 0 Å². The van der Waals surface area contributed by atoms with Crippen LogP contribution in [0.4, 0.5) is 11.5 Å². The van der Waals surface area contributed by atoms with E-state index in [1.165, 1.54) is 12.4 Å². The summed E-state index contributed by atoms with van der Waals surface area (Å²) < 4.78 is 8.07. The van der Waals surface area contributed by atoms with E-state index >= 15 is 0 Å². The van der Waals surface area contributed by atoms with Crippen LogP contribution >= 0.6 is 0 Å². The van der Waals surface area contributed by atoms with Crippen molar-refractivity contribution in [2.24, 2.45) is 7.05 Å². The first-order valence-electron chi connectivity index (χ1n) is 13.5. The van der Waals surface area contributed by atoms with Crippen molar-refractivity contribution < 1.29 is 9.53 Å². The van der Waals surface area contributed by atoms with Crippen molar-refractivity contribution in [3.63, 3.8) is 0 Å². The van der Waals surface area contributed by atoms with E-state index in [0.717, 1.165) is 57.9 Å². The van der Waals surface area contributed by atoms with Crippen molar-refractivity contribution >= 4 is 28.4 Å². The van der Waals surface area contributed by atoms with Crippen LogP contribution < -0.4 is 15.4 Å². The summed E-state index contributed by atoms with van der Waals surface area (Å²) in [6.07, 6.45) is 2.88. The molecular formula is C32H31N7O2. The third-order valence-corrected chi connectivity index (χ3v) is 7.48. The lowest BCUT2D eigenvalue weighted by Crippen LogP contribution is -2.48. The van der Waals surface area contributed by atoms with Crippen molar-refractivity contribution in [1.29, 1.82) is 0 Å². The number of benzene rings is 2. The number of carbonyl (C=O) groups excluding carboxylic acids is 1. The highest BCUT2D eigenvalue weighted by atomic mass is 16.5. The number of hydrogen-bond acceptors (Lipinski definition) is 7. The normalized spacial score (nSPS) is 13.4. The van der Waals surface area contributed by atoms with Crippen molar-refractivity contribution in [3.05, 3.63) is 91.4 Å². The number of nitrogen functional groups attached to an aromatic ring is 1. The van der Waals surface area contributed by atoms with Crippen LogP contribution in [0.3, 0.4) is 0 Å². The fourth-order valence-corrected chi connectivity index (χ4v) is 5.44. The number of hydrogen-bond donors (Lipinski definition) is 1. The topological polar surface area (TPSA) is 102 Å². The minimum Gasteiger partial charge on any atom is -0.439 e. The highest BCUT2D eigenvalue weighted by Crippen LogP contribution is 2.42. The second-order valence-corrected chi connectivity index (χ2v) is 10.1. The Labute approximate surface area is 238 Å². The van der Waals surface area contributed by atoms with Gasteiger partial charge in [0.25, 0.3) is 0 Å². The number of ether oxygens (including phenoxy) is 1. The molecule has 0 saturated carbocycles. The van der Waals surface area contributed by atoms with Gasteiger partial charge in [0.15, 0.2) is 0 Å². The second kappa shape index (κ2) is 10.8. The lowest BCUT2D eigenvalue weighted by Gasteiger charge is -2.35. The quantitative estimate of drug-likeness (QED) is 0.292. The standard InChI is InChI=1S/C32H31N7O2/c1-4-27(40)39-17-15-38(16-18-39)24-9-6-8-23(19-24)30-28(29-31(33)34-20-35-32(29)37(30)3)22-11-13-25(14-12-22)41-26-10-5-7-21(2)36-26/h4-14,19-20H,1,15-18H2,2-3H3,(H2,33,34,35). The van der Waals surface area contributed by atoms with Gasteiger partial charge in [0.2, 0.25) is 11.8 Å². The van der Waals surface area contributed by atoms with E-state index in [1.807, 2.05) is 61.3 Å². The zero-order valence-electron chi connectivity index (χ0n) is 23.1. The molecule has 6 rings (SSSR count). The van der Waals surface area contributed by atoms with Gasteiger partial charge in [0.1, 0.15) is 23.5 Å². The molecule has 41 heavy (non-hydrogen) atoms. The van der Waals surface area contributed by atoms with Gasteiger partial charge in [-0.15, -0.1) is 0 Å². The fourth-order valence-electron chi connectivity index (χ4n) is 5.44. The summed E-state index contributed by atoms with van der Waals surface area (Å²) in [7, 11) is 2.00. The predicted molar refractivity (Wildman–Crippen MR) is 162 cm³/mol. The summed E-state index contributed by atoms with van der Waals surface area (Å²) in [5.74, 6) is 1.64. The van der Waals surface area contributed by atoms with Crippen LogP contribution in [0.1, 0.15) is 5.69 Å². The summed E-state index contributed by atoms with van der Waals surface area (Å²) in [6.45, 7) is 8.37. The average Bonchev–Trinajstić information content (AvgIpc) is 3.30. The summed E-state index contributed by atoms with van der Waals surface area (Å²) in [6, 6.07) is 22.1. The van der Waals surface area contributed by atoms with Gasteiger partial charge in [-0.25, -0.2) is 15.0 Å². The molecule has 0 unspecified atom stereocenters. The van der Waals surface area contributed by atoms with Crippen LogP contribution in [0.2, 0.25) is 0 Å². The van der Waals surface area contributed by atoms with Gasteiger partial charge in [-0.2, -0.15) is 0 Å². The first-order valence-corrected chi connectivity index (χ1v) is 13.5. The number of pyridine rings is 1. The van der Waals surface area contributed by atoms with E-state index in [2.05, 4.69) is 55.3 Å². The summed E-state index contributed by atoms with van der Waals surface area (Å²) in [5.41, 5.74) is 13.1. The molecule has 9 heteroatoms. The molecule has 0 radical (unpaired) electrons. The molecule has 1 saturated heterocycles. The summed E-state index contributed by atoms with van der Waals surface area (Å²) in [4.78, 5) is 29.5. The smallest absolute Gasteiger partial charge is 0.246 e. The maximum absolute atomic E-state index is 12.1. The zero-order valence-corrected chi connectivity index (χ0v) is 23.1. The molecule has 5 aromatic rings. The minimum absolute atomic E-state index is 0.0243. The molecular weight excluding hydrogens is 514 g/mol. The Morgan fingerprint density at radius 2 is 1.73 bits per heavy atom. The number of rotatable bonds is 6. The number of aromatic nitrogens is 4. The van der Waals surface area contributed by atoms with Gasteiger partial charge in [0, 0.05) is 61.8 Å². The third kappa shape index (κ3) is 4.98. The Morgan fingerprint density at radius 3 is 2.46 bits per heavy atom. The molecule has 0 atom stereocenters. The molecule has 4 heterocycles. The fraction of sp³-hybridized carbons (Fsp3) is 0.188. The van der Waals surface area contributed by atoms with Gasteiger partial charge in [-0.1, -0.05) is 36.9 Å². The van der Waals surface area contributed by atoms with Crippen LogP contribution in [0.25, 0.3) is 33.4 Å². The van der Waals surface area contributed by atoms with E-state index in [0.29, 0.717) is 30.5 Å². The molecule has 206 valence electrons. The third-order valence-electron chi connectivity index (χ3n) is 7.48. The molecule has 3 aromatic heterocycles. The minimum atomic E-state index is -0.0243. The van der Waals surface area contributed by atoms with E-state index in [1.54, 1.807) is 0 Å². The van der Waals surface area contributed by atoms with Crippen LogP contribution in [0, 0.1) is 6.92 Å². The number of anilines is 2. The monoisotopic (exact) mass is 545 g/mol. The molecule has 1 amide bonds. The van der Waals surface area contributed by atoms with Gasteiger partial charge in [0.05, 0.1) is 11.1 Å². The van der Waals surface area contributed by atoms with Gasteiger partial charge < -0.3 is 24.8 Å². The van der Waals surface area contributed by atoms with Crippen LogP contribution in [0.15, 0.2) is 85.7 Å². The Morgan fingerprint density at radius 1 is 0.976 bits per heavy atom. The van der Waals surface area contributed by atoms with Crippen molar-refractivity contribution in [1.82, 2.24) is 24.4 Å². The zero-order chi connectivity index (χ0) is 28.5. The van der Waals surface area contributed by atoms with E-state index in [9.17, 15) is 4.79 Å². The Hall–Kier alpha value is -5.18. The highest BCUT2D eigenvalue weighted by Gasteiger charge is 2.24. The lowest BCUT2D eigenvalue weighted by molar-refractivity contribution is -0.126. The van der Waals surface area contributed by atoms with Crippen LogP contribution in [-0.2, 0) is 11.8 Å². The SMILES string of the molecule is C=CC(=O)N1CCN(c2cccc(-c3c(-c4ccc(Oc5cccc(C)n5)cc4)c4c(N)ncnc4n3C)c2)CC1. The lowest BCUT2D eigenvalue weighted by atomic mass is 9.98. The Balaban J connectivity index is 1.39. The molecule has 1 aliphatic rings. The van der Waals surface area contributed by atoms with Crippen molar-refractivity contribution in [2.75, 3.05) is 36.8 Å². The predicted octanol–water partition coefficient (Wildman–Crippen LogP) is 5.21. The summed E-state index contributed by atoms with van der Waals surface area (Å²) >= 11 is 0. The van der Waals surface area contributed by atoms with Crippen LogP contribution in [0.5, 0.6) is 11.6 Å². The number of nitrogens with zero attached hydrogens (tertiary/aromatic N) is 6. The number of aryl methyl sites for hydroxylation is 2. The maximum atomic E-state index is 12.1. The Bertz CT molecular complexity index is 1750. The summed E-state index contributed by atoms with van der Waals surface area (Å²) in [5, 5.41) is 0.806. The highest BCUT2D eigenvalue weighted by molar-refractivity contribution is 6.07. The number of amides is 1. The molecule has 1 fully saturated rings. The first kappa shape index (κ1) is 26.1. The van der Waals surface area contributed by atoms with E-state index < -0.39 is 0 Å².